The summed E-state index contributed by atoms with van der Waals surface area (Å²) in [5.41, 5.74) is 0. The molecule has 1 saturated carbocycles. The molecule has 1 aliphatic carbocycles. The molecule has 7 heteroatoms. The number of amides is 3. The van der Waals surface area contributed by atoms with E-state index in [1.54, 1.807) is 6.92 Å². The Kier molecular flexibility index (Phi) is 6.83. The van der Waals surface area contributed by atoms with E-state index < -0.39 is 17.9 Å². The van der Waals surface area contributed by atoms with Crippen molar-refractivity contribution in [2.45, 2.75) is 57.5 Å². The largest absolute Gasteiger partial charge is 0.481 e. The first-order chi connectivity index (χ1) is 9.47. The van der Waals surface area contributed by atoms with Crippen molar-refractivity contribution in [3.63, 3.8) is 0 Å². The van der Waals surface area contributed by atoms with Crippen molar-refractivity contribution < 1.29 is 19.5 Å². The normalized spacial score (nSPS) is 17.1. The van der Waals surface area contributed by atoms with E-state index in [9.17, 15) is 14.4 Å². The molecule has 0 saturated heterocycles. The predicted octanol–water partition coefficient (Wildman–Crippen LogP) is 0.598. The Bertz CT molecular complexity index is 354. The van der Waals surface area contributed by atoms with E-state index in [0.29, 0.717) is 0 Å². The van der Waals surface area contributed by atoms with Crippen LogP contribution in [0.4, 0.5) is 4.79 Å². The van der Waals surface area contributed by atoms with Gasteiger partial charge in [-0.3, -0.25) is 9.59 Å². The molecule has 7 nitrogen and oxygen atoms in total. The van der Waals surface area contributed by atoms with E-state index in [2.05, 4.69) is 16.0 Å². The first-order valence-corrected chi connectivity index (χ1v) is 7.03. The number of carbonyl (C=O) groups is 3. The molecule has 0 aromatic heterocycles. The molecule has 0 spiro atoms. The van der Waals surface area contributed by atoms with Crippen LogP contribution in [-0.4, -0.2) is 41.6 Å². The van der Waals surface area contributed by atoms with E-state index in [0.717, 1.165) is 25.7 Å². The Hall–Kier alpha value is -1.79. The highest BCUT2D eigenvalue weighted by molar-refractivity contribution is 5.84. The van der Waals surface area contributed by atoms with Crippen LogP contribution in [0.5, 0.6) is 0 Å². The van der Waals surface area contributed by atoms with Crippen molar-refractivity contribution in [3.8, 4) is 0 Å². The van der Waals surface area contributed by atoms with Gasteiger partial charge in [-0.1, -0.05) is 19.3 Å². The molecule has 0 bridgehead atoms. The van der Waals surface area contributed by atoms with Crippen LogP contribution in [0.3, 0.4) is 0 Å². The van der Waals surface area contributed by atoms with Crippen LogP contribution in [0.2, 0.25) is 0 Å². The monoisotopic (exact) mass is 285 g/mol. The highest BCUT2D eigenvalue weighted by atomic mass is 16.4. The molecule has 1 atom stereocenters. The van der Waals surface area contributed by atoms with E-state index in [-0.39, 0.29) is 25.0 Å². The molecule has 1 aliphatic rings. The van der Waals surface area contributed by atoms with Gasteiger partial charge in [0.2, 0.25) is 5.91 Å². The number of carbonyl (C=O) groups excluding carboxylic acids is 2. The van der Waals surface area contributed by atoms with Gasteiger partial charge in [0.15, 0.2) is 0 Å². The smallest absolute Gasteiger partial charge is 0.315 e. The Morgan fingerprint density at radius 1 is 1.20 bits per heavy atom. The van der Waals surface area contributed by atoms with Crippen molar-refractivity contribution in [1.82, 2.24) is 16.0 Å². The maximum absolute atomic E-state index is 11.6. The molecule has 1 fully saturated rings. The lowest BCUT2D eigenvalue weighted by molar-refractivity contribution is -0.137. The zero-order valence-electron chi connectivity index (χ0n) is 11.8. The van der Waals surface area contributed by atoms with Crippen LogP contribution < -0.4 is 16.0 Å². The minimum atomic E-state index is -0.971. The number of carboxylic acid groups (broad SMARTS) is 1. The molecule has 3 amide bonds. The Balaban J connectivity index is 2.16. The summed E-state index contributed by atoms with van der Waals surface area (Å²) >= 11 is 0. The number of aliphatic carboxylic acids is 1. The number of carboxylic acids is 1. The van der Waals surface area contributed by atoms with Crippen LogP contribution in [-0.2, 0) is 9.59 Å². The molecule has 0 heterocycles. The number of rotatable bonds is 6. The van der Waals surface area contributed by atoms with Crippen molar-refractivity contribution >= 4 is 17.9 Å². The first kappa shape index (κ1) is 16.3. The predicted molar refractivity (Wildman–Crippen MR) is 73.3 cm³/mol. The van der Waals surface area contributed by atoms with Gasteiger partial charge in [0, 0.05) is 12.1 Å². The Morgan fingerprint density at radius 2 is 1.85 bits per heavy atom. The summed E-state index contributed by atoms with van der Waals surface area (Å²) in [5, 5.41) is 16.4. The van der Waals surface area contributed by atoms with Gasteiger partial charge in [-0.2, -0.15) is 0 Å². The van der Waals surface area contributed by atoms with Crippen LogP contribution in [0.25, 0.3) is 0 Å². The summed E-state index contributed by atoms with van der Waals surface area (Å²) in [7, 11) is 0. The molecule has 0 aromatic rings. The van der Waals surface area contributed by atoms with Gasteiger partial charge in [0.1, 0.15) is 0 Å². The fourth-order valence-corrected chi connectivity index (χ4v) is 2.28. The second kappa shape index (κ2) is 8.39. The summed E-state index contributed by atoms with van der Waals surface area (Å²) in [6.45, 7) is 1.45. The van der Waals surface area contributed by atoms with Crippen LogP contribution in [0, 0.1) is 0 Å². The summed E-state index contributed by atoms with van der Waals surface area (Å²) < 4.78 is 0. The average Bonchev–Trinajstić information content (AvgIpc) is 2.36. The van der Waals surface area contributed by atoms with Gasteiger partial charge in [-0.05, 0) is 19.8 Å². The fourth-order valence-electron chi connectivity index (χ4n) is 2.28. The standard InChI is InChI=1S/C13H23N3O4/c1-9(7-12(18)19)15-11(17)8-14-13(20)16-10-5-3-2-4-6-10/h9-10H,2-8H2,1H3,(H,15,17)(H,18,19)(H2,14,16,20). The molecule has 0 aliphatic heterocycles. The van der Waals surface area contributed by atoms with E-state index in [4.69, 9.17) is 5.11 Å². The fraction of sp³-hybridized carbons (Fsp3) is 0.769. The number of hydrogen-bond donors (Lipinski definition) is 4. The lowest BCUT2D eigenvalue weighted by Gasteiger charge is -2.22. The second-order valence-electron chi connectivity index (χ2n) is 5.23. The van der Waals surface area contributed by atoms with Crippen molar-refractivity contribution in [2.24, 2.45) is 0 Å². The van der Waals surface area contributed by atoms with Crippen LogP contribution >= 0.6 is 0 Å². The zero-order valence-corrected chi connectivity index (χ0v) is 11.8. The minimum Gasteiger partial charge on any atom is -0.481 e. The lowest BCUT2D eigenvalue weighted by Crippen LogP contribution is -2.47. The summed E-state index contributed by atoms with van der Waals surface area (Å²) in [6, 6.07) is -0.612. The topological polar surface area (TPSA) is 108 Å². The third-order valence-electron chi connectivity index (χ3n) is 3.24. The lowest BCUT2D eigenvalue weighted by atomic mass is 9.96. The van der Waals surface area contributed by atoms with Crippen molar-refractivity contribution in [3.05, 3.63) is 0 Å². The van der Waals surface area contributed by atoms with Gasteiger partial charge in [-0.15, -0.1) is 0 Å². The van der Waals surface area contributed by atoms with Gasteiger partial charge in [0.25, 0.3) is 0 Å². The molecule has 0 radical (unpaired) electrons. The quantitative estimate of drug-likeness (QED) is 0.573. The molecule has 1 unspecified atom stereocenters. The maximum Gasteiger partial charge on any atom is 0.315 e. The average molecular weight is 285 g/mol. The van der Waals surface area contributed by atoms with E-state index in [1.807, 2.05) is 0 Å². The molecule has 0 aromatic carbocycles. The third kappa shape index (κ3) is 6.96. The number of hydrogen-bond acceptors (Lipinski definition) is 3. The Labute approximate surface area is 118 Å². The SMILES string of the molecule is CC(CC(=O)O)NC(=O)CNC(=O)NC1CCCCC1. The van der Waals surface area contributed by atoms with Crippen LogP contribution in [0.1, 0.15) is 45.4 Å². The molecular weight excluding hydrogens is 262 g/mol. The van der Waals surface area contributed by atoms with Crippen molar-refractivity contribution in [1.29, 1.82) is 0 Å². The highest BCUT2D eigenvalue weighted by Gasteiger charge is 2.16. The number of urea groups is 1. The maximum atomic E-state index is 11.6. The van der Waals surface area contributed by atoms with E-state index >= 15 is 0 Å². The molecule has 1 rings (SSSR count). The minimum absolute atomic E-state index is 0.139. The van der Waals surface area contributed by atoms with E-state index in [1.165, 1.54) is 6.42 Å². The summed E-state index contributed by atoms with van der Waals surface area (Å²) in [6.07, 6.45) is 5.28. The summed E-state index contributed by atoms with van der Waals surface area (Å²) in [5.74, 6) is -1.36. The molecule has 20 heavy (non-hydrogen) atoms. The van der Waals surface area contributed by atoms with Gasteiger partial charge >= 0.3 is 12.0 Å². The third-order valence-corrected chi connectivity index (χ3v) is 3.24. The highest BCUT2D eigenvalue weighted by Crippen LogP contribution is 2.16. The Morgan fingerprint density at radius 3 is 2.45 bits per heavy atom. The molecular formula is C13H23N3O4. The van der Waals surface area contributed by atoms with Crippen LogP contribution in [0.15, 0.2) is 0 Å². The first-order valence-electron chi connectivity index (χ1n) is 7.03. The van der Waals surface area contributed by atoms with Gasteiger partial charge in [0.05, 0.1) is 13.0 Å². The van der Waals surface area contributed by atoms with Crippen molar-refractivity contribution in [2.75, 3.05) is 6.54 Å². The second-order valence-corrected chi connectivity index (χ2v) is 5.23. The summed E-state index contributed by atoms with van der Waals surface area (Å²) in [4.78, 5) is 33.5. The van der Waals surface area contributed by atoms with Gasteiger partial charge in [-0.25, -0.2) is 4.79 Å². The zero-order chi connectivity index (χ0) is 15.0. The van der Waals surface area contributed by atoms with Gasteiger partial charge < -0.3 is 21.1 Å². The number of nitrogens with one attached hydrogen (secondary N) is 3. The molecule has 114 valence electrons. The molecule has 4 N–H and O–H groups in total.